The van der Waals surface area contributed by atoms with Gasteiger partial charge in [0.05, 0.1) is 6.10 Å². The fourth-order valence-electron chi connectivity index (χ4n) is 1.96. The van der Waals surface area contributed by atoms with Gasteiger partial charge in [0, 0.05) is 6.54 Å². The Labute approximate surface area is 72.5 Å². The molecule has 12 heavy (non-hydrogen) atoms. The highest BCUT2D eigenvalue weighted by Crippen LogP contribution is 2.23. The molecule has 0 radical (unpaired) electrons. The lowest BCUT2D eigenvalue weighted by Gasteiger charge is -2.14. The average molecular weight is 169 g/mol. The standard InChI is InChI=1S/C9H15NO2/c11-9-8(5-6-10-9)12-7-3-1-2-4-7/h7-8H,1-6H2,(H,10,11). The van der Waals surface area contributed by atoms with Crippen molar-refractivity contribution in [1.82, 2.24) is 5.32 Å². The van der Waals surface area contributed by atoms with Crippen LogP contribution in [0.15, 0.2) is 0 Å². The fraction of sp³-hybridized carbons (Fsp3) is 0.889. The van der Waals surface area contributed by atoms with E-state index in [9.17, 15) is 4.79 Å². The summed E-state index contributed by atoms with van der Waals surface area (Å²) in [5.41, 5.74) is 0. The molecule has 0 spiro atoms. The molecule has 1 N–H and O–H groups in total. The van der Waals surface area contributed by atoms with Gasteiger partial charge < -0.3 is 10.1 Å². The van der Waals surface area contributed by atoms with Crippen molar-refractivity contribution in [3.8, 4) is 0 Å². The lowest BCUT2D eigenvalue weighted by atomic mass is 10.2. The summed E-state index contributed by atoms with van der Waals surface area (Å²) in [7, 11) is 0. The van der Waals surface area contributed by atoms with Crippen LogP contribution in [0.5, 0.6) is 0 Å². The molecule has 1 unspecified atom stereocenters. The molecule has 0 bridgehead atoms. The Bertz CT molecular complexity index is 175. The van der Waals surface area contributed by atoms with Crippen LogP contribution in [0.2, 0.25) is 0 Å². The SMILES string of the molecule is O=C1NCCC1OC1CCCC1. The van der Waals surface area contributed by atoms with Crippen LogP contribution < -0.4 is 5.32 Å². The van der Waals surface area contributed by atoms with E-state index in [0.29, 0.717) is 6.10 Å². The Hall–Kier alpha value is -0.570. The van der Waals surface area contributed by atoms with Gasteiger partial charge in [-0.1, -0.05) is 12.8 Å². The summed E-state index contributed by atoms with van der Waals surface area (Å²) in [6, 6.07) is 0. The van der Waals surface area contributed by atoms with Gasteiger partial charge in [-0.15, -0.1) is 0 Å². The van der Waals surface area contributed by atoms with Crippen LogP contribution in [0, 0.1) is 0 Å². The third-order valence-corrected chi connectivity index (χ3v) is 2.66. The molecular weight excluding hydrogens is 154 g/mol. The number of carbonyl (C=O) groups is 1. The van der Waals surface area contributed by atoms with Gasteiger partial charge in [0.1, 0.15) is 6.10 Å². The van der Waals surface area contributed by atoms with Crippen LogP contribution >= 0.6 is 0 Å². The second-order valence-corrected chi connectivity index (χ2v) is 3.61. The molecule has 0 aromatic carbocycles. The Morgan fingerprint density at radius 3 is 2.58 bits per heavy atom. The van der Waals surface area contributed by atoms with Gasteiger partial charge in [0.2, 0.25) is 5.91 Å². The van der Waals surface area contributed by atoms with E-state index in [4.69, 9.17) is 4.74 Å². The Balaban J connectivity index is 1.81. The summed E-state index contributed by atoms with van der Waals surface area (Å²) >= 11 is 0. The van der Waals surface area contributed by atoms with Crippen LogP contribution in [-0.4, -0.2) is 24.7 Å². The van der Waals surface area contributed by atoms with Gasteiger partial charge in [-0.3, -0.25) is 4.79 Å². The molecule has 0 aromatic heterocycles. The maximum Gasteiger partial charge on any atom is 0.249 e. The summed E-state index contributed by atoms with van der Waals surface area (Å²) in [6.45, 7) is 0.788. The second kappa shape index (κ2) is 3.44. The van der Waals surface area contributed by atoms with Crippen molar-refractivity contribution < 1.29 is 9.53 Å². The zero-order valence-corrected chi connectivity index (χ0v) is 7.21. The van der Waals surface area contributed by atoms with E-state index in [1.807, 2.05) is 0 Å². The average Bonchev–Trinajstić information content (AvgIpc) is 2.65. The molecule has 3 heteroatoms. The Kier molecular flexibility index (Phi) is 2.30. The quantitative estimate of drug-likeness (QED) is 0.665. The molecule has 2 rings (SSSR count). The van der Waals surface area contributed by atoms with Crippen molar-refractivity contribution in [2.24, 2.45) is 0 Å². The molecule has 1 aliphatic carbocycles. The van der Waals surface area contributed by atoms with E-state index < -0.39 is 0 Å². The van der Waals surface area contributed by atoms with Gasteiger partial charge in [0.15, 0.2) is 0 Å². The van der Waals surface area contributed by atoms with Crippen molar-refractivity contribution in [2.45, 2.75) is 44.3 Å². The lowest BCUT2D eigenvalue weighted by molar-refractivity contribution is -0.132. The molecule has 68 valence electrons. The molecule has 0 aromatic rings. The molecule has 2 fully saturated rings. The van der Waals surface area contributed by atoms with E-state index in [1.165, 1.54) is 12.8 Å². The van der Waals surface area contributed by atoms with Crippen LogP contribution in [0.1, 0.15) is 32.1 Å². The predicted octanol–water partition coefficient (Wildman–Crippen LogP) is 0.834. The number of carbonyl (C=O) groups excluding carboxylic acids is 1. The normalized spacial score (nSPS) is 31.0. The van der Waals surface area contributed by atoms with E-state index in [0.717, 1.165) is 25.8 Å². The van der Waals surface area contributed by atoms with E-state index >= 15 is 0 Å². The molecule has 2 aliphatic rings. The summed E-state index contributed by atoms with van der Waals surface area (Å²) in [5.74, 6) is 0.0851. The van der Waals surface area contributed by atoms with Crippen LogP contribution in [0.4, 0.5) is 0 Å². The summed E-state index contributed by atoms with van der Waals surface area (Å²) in [4.78, 5) is 11.1. The topological polar surface area (TPSA) is 38.3 Å². The first-order valence-corrected chi connectivity index (χ1v) is 4.79. The number of hydrogen-bond acceptors (Lipinski definition) is 2. The van der Waals surface area contributed by atoms with Crippen molar-refractivity contribution in [3.05, 3.63) is 0 Å². The van der Waals surface area contributed by atoms with Crippen LogP contribution in [0.3, 0.4) is 0 Å². The monoisotopic (exact) mass is 169 g/mol. The molecule has 1 aliphatic heterocycles. The third-order valence-electron chi connectivity index (χ3n) is 2.66. The van der Waals surface area contributed by atoms with Gasteiger partial charge >= 0.3 is 0 Å². The van der Waals surface area contributed by atoms with Crippen molar-refractivity contribution in [1.29, 1.82) is 0 Å². The maximum atomic E-state index is 11.1. The summed E-state index contributed by atoms with van der Waals surface area (Å²) in [6.07, 6.45) is 5.88. The third kappa shape index (κ3) is 1.61. The first-order valence-electron chi connectivity index (χ1n) is 4.79. The van der Waals surface area contributed by atoms with Crippen molar-refractivity contribution in [2.75, 3.05) is 6.54 Å². The molecule has 1 saturated heterocycles. The second-order valence-electron chi connectivity index (χ2n) is 3.61. The number of ether oxygens (including phenoxy) is 1. The molecular formula is C9H15NO2. The lowest BCUT2D eigenvalue weighted by Crippen LogP contribution is -2.28. The van der Waals surface area contributed by atoms with Gasteiger partial charge in [0.25, 0.3) is 0 Å². The van der Waals surface area contributed by atoms with Gasteiger partial charge in [-0.25, -0.2) is 0 Å². The minimum Gasteiger partial charge on any atom is -0.365 e. The minimum atomic E-state index is -0.145. The fourth-order valence-corrected chi connectivity index (χ4v) is 1.96. The van der Waals surface area contributed by atoms with Crippen LogP contribution in [-0.2, 0) is 9.53 Å². The summed E-state index contributed by atoms with van der Waals surface area (Å²) < 4.78 is 5.67. The van der Waals surface area contributed by atoms with Gasteiger partial charge in [-0.05, 0) is 19.3 Å². The summed E-state index contributed by atoms with van der Waals surface area (Å²) in [5, 5.41) is 2.78. The van der Waals surface area contributed by atoms with Crippen molar-refractivity contribution in [3.63, 3.8) is 0 Å². The molecule has 1 amide bonds. The Morgan fingerprint density at radius 1 is 1.25 bits per heavy atom. The molecule has 3 nitrogen and oxygen atoms in total. The molecule has 1 atom stereocenters. The Morgan fingerprint density at radius 2 is 2.00 bits per heavy atom. The van der Waals surface area contributed by atoms with E-state index in [1.54, 1.807) is 0 Å². The highest BCUT2D eigenvalue weighted by Gasteiger charge is 2.28. The largest absolute Gasteiger partial charge is 0.365 e. The number of amides is 1. The zero-order valence-electron chi connectivity index (χ0n) is 7.21. The predicted molar refractivity (Wildman–Crippen MR) is 44.8 cm³/mol. The minimum absolute atomic E-state index is 0.0851. The molecule has 1 saturated carbocycles. The maximum absolute atomic E-state index is 11.1. The first-order chi connectivity index (χ1) is 5.86. The van der Waals surface area contributed by atoms with Crippen LogP contribution in [0.25, 0.3) is 0 Å². The first kappa shape index (κ1) is 8.05. The number of rotatable bonds is 2. The highest BCUT2D eigenvalue weighted by atomic mass is 16.5. The number of hydrogen-bond donors (Lipinski definition) is 1. The van der Waals surface area contributed by atoms with E-state index in [2.05, 4.69) is 5.32 Å². The smallest absolute Gasteiger partial charge is 0.249 e. The zero-order chi connectivity index (χ0) is 8.39. The number of nitrogens with one attached hydrogen (secondary N) is 1. The van der Waals surface area contributed by atoms with Gasteiger partial charge in [-0.2, -0.15) is 0 Å². The van der Waals surface area contributed by atoms with E-state index in [-0.39, 0.29) is 12.0 Å². The highest BCUT2D eigenvalue weighted by molar-refractivity contribution is 5.82. The van der Waals surface area contributed by atoms with Crippen molar-refractivity contribution >= 4 is 5.91 Å². The molecule has 1 heterocycles.